The van der Waals surface area contributed by atoms with Crippen LogP contribution >= 0.6 is 0 Å². The summed E-state index contributed by atoms with van der Waals surface area (Å²) in [7, 11) is 0. The second kappa shape index (κ2) is 2.92. The van der Waals surface area contributed by atoms with Crippen molar-refractivity contribution in [3.8, 4) is 0 Å². The molecule has 84 valence electrons. The normalized spacial score (nSPS) is 32.1. The van der Waals surface area contributed by atoms with E-state index in [-0.39, 0.29) is 6.04 Å². The molecule has 0 aromatic rings. The standard InChI is InChI=1S/C10H22N2O2/c1-8(2)7(9(3,4)13)11-10(5,6)12(8)14/h7,11,13-14H,1-6H3. The summed E-state index contributed by atoms with van der Waals surface area (Å²) in [5, 5.41) is 24.5. The fourth-order valence-electron chi connectivity index (χ4n) is 2.47. The third kappa shape index (κ3) is 1.67. The predicted molar refractivity (Wildman–Crippen MR) is 55.0 cm³/mol. The van der Waals surface area contributed by atoms with Crippen LogP contribution in [0.15, 0.2) is 0 Å². The maximum absolute atomic E-state index is 10.0. The van der Waals surface area contributed by atoms with Crippen LogP contribution in [0.25, 0.3) is 0 Å². The molecule has 14 heavy (non-hydrogen) atoms. The van der Waals surface area contributed by atoms with Gasteiger partial charge in [0, 0.05) is 0 Å². The lowest BCUT2D eigenvalue weighted by Gasteiger charge is -2.38. The van der Waals surface area contributed by atoms with Crippen molar-refractivity contribution < 1.29 is 10.3 Å². The Morgan fingerprint density at radius 3 is 1.79 bits per heavy atom. The van der Waals surface area contributed by atoms with Crippen molar-refractivity contribution >= 4 is 0 Å². The van der Waals surface area contributed by atoms with Crippen LogP contribution in [0.2, 0.25) is 0 Å². The van der Waals surface area contributed by atoms with Gasteiger partial charge in [0.2, 0.25) is 0 Å². The zero-order valence-electron chi connectivity index (χ0n) is 9.92. The Hall–Kier alpha value is -0.160. The molecule has 0 bridgehead atoms. The lowest BCUT2D eigenvalue weighted by atomic mass is 9.84. The van der Waals surface area contributed by atoms with Gasteiger partial charge in [-0.3, -0.25) is 5.32 Å². The molecule has 0 spiro atoms. The first-order chi connectivity index (χ1) is 5.99. The van der Waals surface area contributed by atoms with Crippen molar-refractivity contribution in [2.45, 2.75) is 64.4 Å². The SMILES string of the molecule is CC(C)(O)C1NC(C)(C)N(O)C1(C)C. The molecule has 0 aliphatic carbocycles. The van der Waals surface area contributed by atoms with Gasteiger partial charge < -0.3 is 10.3 Å². The minimum Gasteiger partial charge on any atom is -0.389 e. The van der Waals surface area contributed by atoms with Crippen LogP contribution in [-0.4, -0.2) is 38.2 Å². The molecule has 1 rings (SSSR count). The average Bonchev–Trinajstić information content (AvgIpc) is 2.10. The molecule has 4 heteroatoms. The number of rotatable bonds is 1. The highest BCUT2D eigenvalue weighted by Crippen LogP contribution is 2.36. The zero-order valence-corrected chi connectivity index (χ0v) is 9.92. The van der Waals surface area contributed by atoms with E-state index in [1.54, 1.807) is 13.8 Å². The molecule has 0 saturated carbocycles. The van der Waals surface area contributed by atoms with E-state index in [4.69, 9.17) is 0 Å². The van der Waals surface area contributed by atoms with Crippen molar-refractivity contribution in [3.05, 3.63) is 0 Å². The van der Waals surface area contributed by atoms with E-state index in [2.05, 4.69) is 5.32 Å². The highest BCUT2D eigenvalue weighted by Gasteiger charge is 2.55. The highest BCUT2D eigenvalue weighted by atomic mass is 16.5. The minimum atomic E-state index is -0.863. The molecule has 0 aromatic carbocycles. The van der Waals surface area contributed by atoms with Crippen LogP contribution in [0.5, 0.6) is 0 Å². The second-order valence-corrected chi connectivity index (χ2v) is 5.76. The molecule has 4 nitrogen and oxygen atoms in total. The first-order valence-electron chi connectivity index (χ1n) is 4.99. The highest BCUT2D eigenvalue weighted by molar-refractivity contribution is 5.09. The topological polar surface area (TPSA) is 55.7 Å². The van der Waals surface area contributed by atoms with Crippen molar-refractivity contribution in [1.82, 2.24) is 10.4 Å². The molecule has 0 aromatic heterocycles. The number of nitrogens with zero attached hydrogens (tertiary/aromatic N) is 1. The minimum absolute atomic E-state index is 0.171. The molecular formula is C10H22N2O2. The summed E-state index contributed by atoms with van der Waals surface area (Å²) >= 11 is 0. The molecule has 0 amide bonds. The van der Waals surface area contributed by atoms with E-state index in [0.717, 1.165) is 0 Å². The molecule has 1 aliphatic heterocycles. The van der Waals surface area contributed by atoms with Gasteiger partial charge in [-0.25, -0.2) is 0 Å². The first-order valence-corrected chi connectivity index (χ1v) is 4.99. The van der Waals surface area contributed by atoms with Gasteiger partial charge in [-0.15, -0.1) is 0 Å². The fourth-order valence-corrected chi connectivity index (χ4v) is 2.47. The summed E-state index contributed by atoms with van der Waals surface area (Å²) < 4.78 is 0. The number of hydrogen-bond donors (Lipinski definition) is 3. The first kappa shape index (κ1) is 11.9. The van der Waals surface area contributed by atoms with E-state index in [1.807, 2.05) is 27.7 Å². The van der Waals surface area contributed by atoms with Gasteiger partial charge >= 0.3 is 0 Å². The Morgan fingerprint density at radius 1 is 1.21 bits per heavy atom. The Labute approximate surface area is 85.9 Å². The lowest BCUT2D eigenvalue weighted by Crippen LogP contribution is -2.55. The number of hydroxylamine groups is 2. The number of hydrogen-bond acceptors (Lipinski definition) is 4. The van der Waals surface area contributed by atoms with Gasteiger partial charge in [-0.2, -0.15) is 5.06 Å². The Morgan fingerprint density at radius 2 is 1.64 bits per heavy atom. The third-order valence-corrected chi connectivity index (χ3v) is 2.99. The molecule has 1 unspecified atom stereocenters. The van der Waals surface area contributed by atoms with Gasteiger partial charge in [0.15, 0.2) is 0 Å². The van der Waals surface area contributed by atoms with Gasteiger partial charge in [-0.05, 0) is 41.5 Å². The summed E-state index contributed by atoms with van der Waals surface area (Å²) in [6, 6.07) is -0.171. The van der Waals surface area contributed by atoms with E-state index in [9.17, 15) is 10.3 Å². The molecule has 1 saturated heterocycles. The van der Waals surface area contributed by atoms with E-state index >= 15 is 0 Å². The molecule has 3 N–H and O–H groups in total. The van der Waals surface area contributed by atoms with Crippen molar-refractivity contribution in [1.29, 1.82) is 0 Å². The number of aliphatic hydroxyl groups is 1. The van der Waals surface area contributed by atoms with Crippen molar-refractivity contribution in [3.63, 3.8) is 0 Å². The van der Waals surface area contributed by atoms with E-state index < -0.39 is 16.8 Å². The maximum atomic E-state index is 10.0. The average molecular weight is 202 g/mol. The van der Waals surface area contributed by atoms with Crippen LogP contribution in [0.1, 0.15) is 41.5 Å². The molecule has 1 aliphatic rings. The summed E-state index contributed by atoms with van der Waals surface area (Å²) in [5.41, 5.74) is -1.85. The van der Waals surface area contributed by atoms with Gasteiger partial charge in [0.25, 0.3) is 0 Å². The van der Waals surface area contributed by atoms with Crippen LogP contribution in [0.4, 0.5) is 0 Å². The van der Waals surface area contributed by atoms with Crippen molar-refractivity contribution in [2.24, 2.45) is 0 Å². The molecule has 1 heterocycles. The zero-order chi connectivity index (χ0) is 11.4. The summed E-state index contributed by atoms with van der Waals surface area (Å²) in [5.74, 6) is 0. The van der Waals surface area contributed by atoms with Crippen molar-refractivity contribution in [2.75, 3.05) is 0 Å². The summed E-state index contributed by atoms with van der Waals surface area (Å²) in [4.78, 5) is 0. The quantitative estimate of drug-likeness (QED) is 0.592. The van der Waals surface area contributed by atoms with E-state index in [1.165, 1.54) is 5.06 Å². The van der Waals surface area contributed by atoms with E-state index in [0.29, 0.717) is 0 Å². The summed E-state index contributed by atoms with van der Waals surface area (Å²) in [6.45, 7) is 11.1. The third-order valence-electron chi connectivity index (χ3n) is 2.99. The predicted octanol–water partition coefficient (Wildman–Crippen LogP) is 0.935. The van der Waals surface area contributed by atoms with Crippen LogP contribution < -0.4 is 5.32 Å². The Kier molecular flexibility index (Phi) is 2.48. The molecule has 1 fully saturated rings. The van der Waals surface area contributed by atoms with Crippen LogP contribution in [0, 0.1) is 0 Å². The van der Waals surface area contributed by atoms with Crippen LogP contribution in [0.3, 0.4) is 0 Å². The van der Waals surface area contributed by atoms with Gasteiger partial charge in [-0.1, -0.05) is 0 Å². The van der Waals surface area contributed by atoms with Gasteiger partial charge in [0.1, 0.15) is 0 Å². The molecule has 0 radical (unpaired) electrons. The lowest BCUT2D eigenvalue weighted by molar-refractivity contribution is -0.200. The monoisotopic (exact) mass is 202 g/mol. The number of nitrogens with one attached hydrogen (secondary N) is 1. The Bertz CT molecular complexity index is 231. The smallest absolute Gasteiger partial charge is 0.0904 e. The summed E-state index contributed by atoms with van der Waals surface area (Å²) in [6.07, 6.45) is 0. The largest absolute Gasteiger partial charge is 0.389 e. The molecular weight excluding hydrogens is 180 g/mol. The second-order valence-electron chi connectivity index (χ2n) is 5.76. The Balaban J connectivity index is 3.03. The van der Waals surface area contributed by atoms with Crippen LogP contribution in [-0.2, 0) is 0 Å². The maximum Gasteiger partial charge on any atom is 0.0904 e. The molecule has 1 atom stereocenters. The van der Waals surface area contributed by atoms with Gasteiger partial charge in [0.05, 0.1) is 22.8 Å². The fraction of sp³-hybridized carbons (Fsp3) is 1.00.